The van der Waals surface area contributed by atoms with E-state index in [4.69, 9.17) is 9.47 Å². The first kappa shape index (κ1) is 19.4. The molecule has 0 aliphatic rings. The number of esters is 1. The van der Waals surface area contributed by atoms with Crippen molar-refractivity contribution in [2.45, 2.75) is 26.4 Å². The zero-order valence-electron chi connectivity index (χ0n) is 15.0. The van der Waals surface area contributed by atoms with Crippen LogP contribution in [0, 0.1) is 5.82 Å². The van der Waals surface area contributed by atoms with Gasteiger partial charge in [-0.25, -0.2) is 9.18 Å². The lowest BCUT2D eigenvalue weighted by molar-refractivity contribution is -0.158. The Bertz CT molecular complexity index is 790. The van der Waals surface area contributed by atoms with Crippen LogP contribution < -0.4 is 4.74 Å². The molecule has 0 spiro atoms. The number of benzene rings is 2. The number of hydrogen-bond donors (Lipinski definition) is 0. The van der Waals surface area contributed by atoms with E-state index >= 15 is 0 Å². The molecule has 2 aromatic rings. The van der Waals surface area contributed by atoms with E-state index in [1.807, 2.05) is 0 Å². The molecule has 0 amide bonds. The van der Waals surface area contributed by atoms with Crippen LogP contribution in [0.4, 0.5) is 4.39 Å². The van der Waals surface area contributed by atoms with Gasteiger partial charge in [-0.05, 0) is 68.8 Å². The Morgan fingerprint density at radius 1 is 1.04 bits per heavy atom. The highest BCUT2D eigenvalue weighted by Crippen LogP contribution is 2.20. The van der Waals surface area contributed by atoms with Gasteiger partial charge in [-0.15, -0.1) is 0 Å². The highest BCUT2D eigenvalue weighted by atomic mass is 19.1. The van der Waals surface area contributed by atoms with Gasteiger partial charge in [0.15, 0.2) is 11.4 Å². The van der Waals surface area contributed by atoms with Crippen LogP contribution in [-0.4, -0.2) is 24.0 Å². The van der Waals surface area contributed by atoms with E-state index < -0.39 is 11.6 Å². The molecular weight excluding hydrogens is 335 g/mol. The van der Waals surface area contributed by atoms with Gasteiger partial charge in [0.2, 0.25) is 0 Å². The van der Waals surface area contributed by atoms with Crippen LogP contribution in [0.15, 0.2) is 54.6 Å². The molecule has 0 aliphatic carbocycles. The summed E-state index contributed by atoms with van der Waals surface area (Å²) in [5.74, 6) is -0.509. The molecular formula is C21H21FO4. The molecule has 4 nitrogen and oxygen atoms in total. The van der Waals surface area contributed by atoms with Gasteiger partial charge in [0.1, 0.15) is 11.6 Å². The van der Waals surface area contributed by atoms with Gasteiger partial charge < -0.3 is 9.47 Å². The standard InChI is InChI=1S/C21H21FO4/c1-4-25-20(24)21(2,3)26-18-12-8-16(9-13-18)19(23)14-7-15-5-10-17(22)11-6-15/h5-14H,4H2,1-3H3/b14-7+. The lowest BCUT2D eigenvalue weighted by Gasteiger charge is -2.24. The van der Waals surface area contributed by atoms with Gasteiger partial charge in [0, 0.05) is 5.56 Å². The number of hydrogen-bond acceptors (Lipinski definition) is 4. The molecule has 0 unspecified atom stereocenters. The third-order valence-corrected chi connectivity index (χ3v) is 3.58. The summed E-state index contributed by atoms with van der Waals surface area (Å²) in [5.41, 5.74) is 0.0878. The lowest BCUT2D eigenvalue weighted by atomic mass is 10.1. The van der Waals surface area contributed by atoms with Crippen molar-refractivity contribution in [1.29, 1.82) is 0 Å². The van der Waals surface area contributed by atoms with Crippen molar-refractivity contribution in [3.63, 3.8) is 0 Å². The van der Waals surface area contributed by atoms with Crippen LogP contribution in [0.25, 0.3) is 6.08 Å². The zero-order valence-corrected chi connectivity index (χ0v) is 15.0. The minimum absolute atomic E-state index is 0.189. The number of carbonyl (C=O) groups excluding carboxylic acids is 2. The monoisotopic (exact) mass is 356 g/mol. The number of halogens is 1. The normalized spacial score (nSPS) is 11.4. The first-order chi connectivity index (χ1) is 12.3. The van der Waals surface area contributed by atoms with Crippen molar-refractivity contribution in [3.8, 4) is 5.75 Å². The van der Waals surface area contributed by atoms with Gasteiger partial charge in [-0.2, -0.15) is 0 Å². The van der Waals surface area contributed by atoms with Gasteiger partial charge in [0.25, 0.3) is 0 Å². The van der Waals surface area contributed by atoms with Crippen LogP contribution in [0.5, 0.6) is 5.75 Å². The maximum atomic E-state index is 12.9. The third-order valence-electron chi connectivity index (χ3n) is 3.58. The van der Waals surface area contributed by atoms with E-state index in [-0.39, 0.29) is 18.2 Å². The summed E-state index contributed by atoms with van der Waals surface area (Å²) < 4.78 is 23.5. The van der Waals surface area contributed by atoms with Crippen molar-refractivity contribution in [1.82, 2.24) is 0 Å². The fourth-order valence-corrected chi connectivity index (χ4v) is 2.17. The quantitative estimate of drug-likeness (QED) is 0.418. The second-order valence-electron chi connectivity index (χ2n) is 6.11. The average molecular weight is 356 g/mol. The predicted octanol–water partition coefficient (Wildman–Crippen LogP) is 4.44. The summed E-state index contributed by atoms with van der Waals surface area (Å²) in [7, 11) is 0. The number of carbonyl (C=O) groups is 2. The van der Waals surface area contributed by atoms with E-state index in [0.29, 0.717) is 11.3 Å². The minimum atomic E-state index is -1.12. The van der Waals surface area contributed by atoms with E-state index in [9.17, 15) is 14.0 Å². The Kier molecular flexibility index (Phi) is 6.28. The number of ether oxygens (including phenoxy) is 2. The van der Waals surface area contributed by atoms with E-state index in [0.717, 1.165) is 5.56 Å². The second kappa shape index (κ2) is 8.43. The van der Waals surface area contributed by atoms with Crippen molar-refractivity contribution in [2.24, 2.45) is 0 Å². The predicted molar refractivity (Wildman–Crippen MR) is 97.5 cm³/mol. The smallest absolute Gasteiger partial charge is 0.349 e. The molecule has 0 atom stereocenters. The third kappa shape index (κ3) is 5.28. The molecule has 0 aromatic heterocycles. The molecule has 0 heterocycles. The highest BCUT2D eigenvalue weighted by molar-refractivity contribution is 6.06. The molecule has 0 bridgehead atoms. The Balaban J connectivity index is 2.03. The summed E-state index contributed by atoms with van der Waals surface area (Å²) in [4.78, 5) is 24.1. The summed E-state index contributed by atoms with van der Waals surface area (Å²) in [5, 5.41) is 0. The Hall–Kier alpha value is -2.95. The van der Waals surface area contributed by atoms with Crippen LogP contribution in [0.3, 0.4) is 0 Å². The Labute approximate surface area is 152 Å². The molecule has 2 rings (SSSR count). The molecule has 0 radical (unpaired) electrons. The number of ketones is 1. The van der Waals surface area contributed by atoms with Gasteiger partial charge in [-0.3, -0.25) is 4.79 Å². The molecule has 26 heavy (non-hydrogen) atoms. The van der Waals surface area contributed by atoms with E-state index in [1.54, 1.807) is 63.2 Å². The summed E-state index contributed by atoms with van der Waals surface area (Å²) in [6.07, 6.45) is 3.04. The fourth-order valence-electron chi connectivity index (χ4n) is 2.17. The summed E-state index contributed by atoms with van der Waals surface area (Å²) >= 11 is 0. The van der Waals surface area contributed by atoms with Gasteiger partial charge in [0.05, 0.1) is 6.61 Å². The molecule has 0 aliphatic heterocycles. The maximum absolute atomic E-state index is 12.9. The van der Waals surface area contributed by atoms with E-state index in [1.165, 1.54) is 18.2 Å². The first-order valence-corrected chi connectivity index (χ1v) is 8.26. The Morgan fingerprint density at radius 2 is 1.65 bits per heavy atom. The molecule has 0 saturated carbocycles. The van der Waals surface area contributed by atoms with Crippen molar-refractivity contribution < 1.29 is 23.5 Å². The van der Waals surface area contributed by atoms with Crippen LogP contribution in [0.2, 0.25) is 0 Å². The van der Waals surface area contributed by atoms with Crippen LogP contribution >= 0.6 is 0 Å². The molecule has 2 aromatic carbocycles. The van der Waals surface area contributed by atoms with Crippen LogP contribution in [0.1, 0.15) is 36.7 Å². The fraction of sp³-hybridized carbons (Fsp3) is 0.238. The number of allylic oxidation sites excluding steroid dienone is 1. The SMILES string of the molecule is CCOC(=O)C(C)(C)Oc1ccc(C(=O)/C=C/c2ccc(F)cc2)cc1. The molecule has 136 valence electrons. The molecule has 5 heteroatoms. The van der Waals surface area contributed by atoms with Gasteiger partial charge >= 0.3 is 5.97 Å². The molecule has 0 fully saturated rings. The topological polar surface area (TPSA) is 52.6 Å². The summed E-state index contributed by atoms with van der Waals surface area (Å²) in [6.45, 7) is 5.25. The summed E-state index contributed by atoms with van der Waals surface area (Å²) in [6, 6.07) is 12.3. The van der Waals surface area contributed by atoms with Crippen molar-refractivity contribution >= 4 is 17.8 Å². The van der Waals surface area contributed by atoms with E-state index in [2.05, 4.69) is 0 Å². The number of rotatable bonds is 7. The Morgan fingerprint density at radius 3 is 2.23 bits per heavy atom. The van der Waals surface area contributed by atoms with Gasteiger partial charge in [-0.1, -0.05) is 18.2 Å². The largest absolute Gasteiger partial charge is 0.476 e. The zero-order chi connectivity index (χ0) is 19.2. The minimum Gasteiger partial charge on any atom is -0.476 e. The van der Waals surface area contributed by atoms with Crippen molar-refractivity contribution in [3.05, 3.63) is 71.6 Å². The average Bonchev–Trinajstić information content (AvgIpc) is 2.61. The first-order valence-electron chi connectivity index (χ1n) is 8.26. The molecule has 0 saturated heterocycles. The lowest BCUT2D eigenvalue weighted by Crippen LogP contribution is -2.39. The van der Waals surface area contributed by atoms with Crippen molar-refractivity contribution in [2.75, 3.05) is 6.61 Å². The molecule has 0 N–H and O–H groups in total. The maximum Gasteiger partial charge on any atom is 0.349 e. The highest BCUT2D eigenvalue weighted by Gasteiger charge is 2.31. The second-order valence-corrected chi connectivity index (χ2v) is 6.11. The van der Waals surface area contributed by atoms with Crippen LogP contribution in [-0.2, 0) is 9.53 Å².